The van der Waals surface area contributed by atoms with Crippen LogP contribution in [0.15, 0.2) is 47.0 Å². The van der Waals surface area contributed by atoms with Gasteiger partial charge in [-0.1, -0.05) is 35.5 Å². The number of nitrogens with two attached hydrogens (primary N) is 1. The molecular formula is C21H26N4O4. The zero-order valence-electron chi connectivity index (χ0n) is 16.9. The molecule has 0 amide bonds. The molecule has 0 spiro atoms. The number of nitrogens with zero attached hydrogens (tertiary/aromatic N) is 3. The van der Waals surface area contributed by atoms with Gasteiger partial charge in [-0.25, -0.2) is 0 Å². The number of benzene rings is 2. The van der Waals surface area contributed by atoms with Crippen LogP contribution in [0, 0.1) is 0 Å². The van der Waals surface area contributed by atoms with Gasteiger partial charge in [-0.3, -0.25) is 4.90 Å². The molecular weight excluding hydrogens is 372 g/mol. The standard InChI is InChI=1S/C21H26N4O4/c1-26-17-11-16(12-18(27-2)20(17)28-3)21-23-19(29-24-21)14-25(10-9-22)13-15-7-5-4-6-8-15/h4-8,11-12H,9-10,13-14,22H2,1-3H3. The molecule has 2 aromatic carbocycles. The molecule has 8 heteroatoms. The molecule has 8 nitrogen and oxygen atoms in total. The Morgan fingerprint density at radius 2 is 1.66 bits per heavy atom. The van der Waals surface area contributed by atoms with Crippen LogP contribution in [0.4, 0.5) is 0 Å². The molecule has 0 saturated carbocycles. The van der Waals surface area contributed by atoms with Crippen molar-refractivity contribution in [3.8, 4) is 28.6 Å². The van der Waals surface area contributed by atoms with Gasteiger partial charge in [0.2, 0.25) is 17.5 Å². The normalized spacial score (nSPS) is 10.9. The lowest BCUT2D eigenvalue weighted by Gasteiger charge is -2.19. The fourth-order valence-corrected chi connectivity index (χ4v) is 3.08. The fraction of sp³-hybridized carbons (Fsp3) is 0.333. The highest BCUT2D eigenvalue weighted by Gasteiger charge is 2.18. The Morgan fingerprint density at radius 3 is 2.24 bits per heavy atom. The average Bonchev–Trinajstić information content (AvgIpc) is 3.22. The van der Waals surface area contributed by atoms with Gasteiger partial charge >= 0.3 is 0 Å². The van der Waals surface area contributed by atoms with Crippen molar-refractivity contribution in [1.29, 1.82) is 0 Å². The highest BCUT2D eigenvalue weighted by atomic mass is 16.5. The molecule has 0 aliphatic carbocycles. The molecule has 1 aromatic heterocycles. The first-order valence-corrected chi connectivity index (χ1v) is 9.27. The van der Waals surface area contributed by atoms with Crippen LogP contribution < -0.4 is 19.9 Å². The van der Waals surface area contributed by atoms with E-state index in [2.05, 4.69) is 27.2 Å². The van der Waals surface area contributed by atoms with Gasteiger partial charge in [-0.05, 0) is 17.7 Å². The fourth-order valence-electron chi connectivity index (χ4n) is 3.08. The third-order valence-corrected chi connectivity index (χ3v) is 4.44. The van der Waals surface area contributed by atoms with Crippen LogP contribution in [0.3, 0.4) is 0 Å². The summed E-state index contributed by atoms with van der Waals surface area (Å²) in [6, 6.07) is 13.8. The van der Waals surface area contributed by atoms with Crippen LogP contribution in [-0.2, 0) is 13.1 Å². The maximum atomic E-state index is 5.78. The molecule has 2 N–H and O–H groups in total. The predicted octanol–water partition coefficient (Wildman–Crippen LogP) is 2.72. The van der Waals surface area contributed by atoms with Gasteiger partial charge < -0.3 is 24.5 Å². The van der Waals surface area contributed by atoms with Crippen LogP contribution >= 0.6 is 0 Å². The quantitative estimate of drug-likeness (QED) is 0.557. The van der Waals surface area contributed by atoms with Crippen molar-refractivity contribution < 1.29 is 18.7 Å². The van der Waals surface area contributed by atoms with Gasteiger partial charge in [0.1, 0.15) is 0 Å². The monoisotopic (exact) mass is 398 g/mol. The minimum Gasteiger partial charge on any atom is -0.493 e. The third-order valence-electron chi connectivity index (χ3n) is 4.44. The van der Waals surface area contributed by atoms with E-state index in [1.165, 1.54) is 5.56 Å². The Morgan fingerprint density at radius 1 is 0.966 bits per heavy atom. The SMILES string of the molecule is COc1cc(-c2noc(CN(CCN)Cc3ccccc3)n2)cc(OC)c1OC. The summed E-state index contributed by atoms with van der Waals surface area (Å²) < 4.78 is 21.6. The maximum absolute atomic E-state index is 5.78. The molecule has 0 atom stereocenters. The van der Waals surface area contributed by atoms with Crippen molar-refractivity contribution in [3.05, 3.63) is 53.9 Å². The van der Waals surface area contributed by atoms with Gasteiger partial charge in [-0.2, -0.15) is 4.98 Å². The van der Waals surface area contributed by atoms with E-state index in [1.54, 1.807) is 33.5 Å². The Hall–Kier alpha value is -3.10. The lowest BCUT2D eigenvalue weighted by atomic mass is 10.1. The number of rotatable bonds is 10. The molecule has 0 radical (unpaired) electrons. The molecule has 0 aliphatic heterocycles. The van der Waals surface area contributed by atoms with E-state index in [-0.39, 0.29) is 0 Å². The second kappa shape index (κ2) is 9.90. The van der Waals surface area contributed by atoms with E-state index in [0.29, 0.717) is 47.6 Å². The van der Waals surface area contributed by atoms with Crippen LogP contribution in [0.1, 0.15) is 11.5 Å². The summed E-state index contributed by atoms with van der Waals surface area (Å²) in [5, 5.41) is 4.12. The summed E-state index contributed by atoms with van der Waals surface area (Å²) in [5.41, 5.74) is 7.69. The second-order valence-electron chi connectivity index (χ2n) is 6.41. The Bertz CT molecular complexity index is 889. The van der Waals surface area contributed by atoms with Gasteiger partial charge in [-0.15, -0.1) is 0 Å². The molecule has 0 unspecified atom stereocenters. The lowest BCUT2D eigenvalue weighted by Crippen LogP contribution is -2.28. The van der Waals surface area contributed by atoms with Gasteiger partial charge in [0, 0.05) is 25.2 Å². The van der Waals surface area contributed by atoms with Crippen molar-refractivity contribution in [3.63, 3.8) is 0 Å². The Kier molecular flexibility index (Phi) is 7.04. The summed E-state index contributed by atoms with van der Waals surface area (Å²) in [7, 11) is 4.69. The number of aromatic nitrogens is 2. The van der Waals surface area contributed by atoms with Crippen molar-refractivity contribution in [2.45, 2.75) is 13.1 Å². The first-order chi connectivity index (χ1) is 14.2. The van der Waals surface area contributed by atoms with Crippen LogP contribution in [0.5, 0.6) is 17.2 Å². The van der Waals surface area contributed by atoms with E-state index in [1.807, 2.05) is 18.2 Å². The van der Waals surface area contributed by atoms with Gasteiger partial charge in [0.15, 0.2) is 11.5 Å². The highest BCUT2D eigenvalue weighted by molar-refractivity contribution is 5.66. The highest BCUT2D eigenvalue weighted by Crippen LogP contribution is 2.40. The molecule has 1 heterocycles. The summed E-state index contributed by atoms with van der Waals surface area (Å²) in [6.45, 7) is 2.51. The summed E-state index contributed by atoms with van der Waals surface area (Å²) in [6.07, 6.45) is 0. The molecule has 154 valence electrons. The predicted molar refractivity (Wildman–Crippen MR) is 109 cm³/mol. The zero-order valence-corrected chi connectivity index (χ0v) is 16.9. The number of hydrogen-bond donors (Lipinski definition) is 1. The molecule has 3 rings (SSSR count). The Labute approximate surface area is 170 Å². The molecule has 0 fully saturated rings. The minimum atomic E-state index is 0.451. The van der Waals surface area contributed by atoms with Gasteiger partial charge in [0.25, 0.3) is 0 Å². The van der Waals surface area contributed by atoms with E-state index in [9.17, 15) is 0 Å². The topological polar surface area (TPSA) is 95.9 Å². The second-order valence-corrected chi connectivity index (χ2v) is 6.41. The smallest absolute Gasteiger partial charge is 0.241 e. The maximum Gasteiger partial charge on any atom is 0.241 e. The Balaban J connectivity index is 1.80. The van der Waals surface area contributed by atoms with E-state index >= 15 is 0 Å². The first-order valence-electron chi connectivity index (χ1n) is 9.27. The number of ether oxygens (including phenoxy) is 3. The minimum absolute atomic E-state index is 0.451. The van der Waals surface area contributed by atoms with E-state index < -0.39 is 0 Å². The molecule has 0 saturated heterocycles. The van der Waals surface area contributed by atoms with Crippen LogP contribution in [0.25, 0.3) is 11.4 Å². The summed E-state index contributed by atoms with van der Waals surface area (Å²) in [5.74, 6) is 2.54. The lowest BCUT2D eigenvalue weighted by molar-refractivity contribution is 0.224. The van der Waals surface area contributed by atoms with E-state index in [0.717, 1.165) is 13.1 Å². The number of methoxy groups -OCH3 is 3. The van der Waals surface area contributed by atoms with Crippen LogP contribution in [-0.4, -0.2) is 49.5 Å². The first kappa shape index (κ1) is 20.6. The van der Waals surface area contributed by atoms with Crippen molar-refractivity contribution in [2.75, 3.05) is 34.4 Å². The van der Waals surface area contributed by atoms with E-state index in [4.69, 9.17) is 24.5 Å². The molecule has 0 bridgehead atoms. The van der Waals surface area contributed by atoms with Gasteiger partial charge in [0.05, 0.1) is 27.9 Å². The molecule has 0 aliphatic rings. The molecule has 3 aromatic rings. The van der Waals surface area contributed by atoms with Crippen molar-refractivity contribution in [2.24, 2.45) is 5.73 Å². The summed E-state index contributed by atoms with van der Waals surface area (Å²) >= 11 is 0. The number of hydrogen-bond acceptors (Lipinski definition) is 8. The third kappa shape index (κ3) is 5.04. The van der Waals surface area contributed by atoms with Crippen LogP contribution in [0.2, 0.25) is 0 Å². The average molecular weight is 398 g/mol. The zero-order chi connectivity index (χ0) is 20.6. The largest absolute Gasteiger partial charge is 0.493 e. The summed E-state index contributed by atoms with van der Waals surface area (Å²) in [4.78, 5) is 6.71. The van der Waals surface area contributed by atoms with Crippen molar-refractivity contribution in [1.82, 2.24) is 15.0 Å². The molecule has 29 heavy (non-hydrogen) atoms. The van der Waals surface area contributed by atoms with Crippen molar-refractivity contribution >= 4 is 0 Å².